The van der Waals surface area contributed by atoms with Gasteiger partial charge in [0.15, 0.2) is 10.8 Å². The van der Waals surface area contributed by atoms with Crippen LogP contribution in [-0.4, -0.2) is 62.8 Å². The van der Waals surface area contributed by atoms with Gasteiger partial charge in [-0.2, -0.15) is 0 Å². The van der Waals surface area contributed by atoms with E-state index in [0.717, 1.165) is 16.2 Å². The number of amides is 2. The molecule has 132 valence electrons. The van der Waals surface area contributed by atoms with Crippen molar-refractivity contribution < 1.29 is 24.3 Å². The third kappa shape index (κ3) is 3.05. The Hall–Kier alpha value is -2.60. The molecule has 0 bridgehead atoms. The van der Waals surface area contributed by atoms with Gasteiger partial charge in [-0.1, -0.05) is 5.16 Å². The summed E-state index contributed by atoms with van der Waals surface area (Å²) < 4.78 is 0. The molecule has 2 aliphatic rings. The topological polar surface area (TPSA) is 147 Å². The van der Waals surface area contributed by atoms with E-state index in [1.165, 1.54) is 24.9 Å². The van der Waals surface area contributed by atoms with Crippen LogP contribution in [-0.2, 0) is 19.2 Å². The number of β-lactam (4-membered cyclic amide) rings is 1. The fraction of sp³-hybridized carbons (Fsp3) is 0.308. The maximum atomic E-state index is 12.5. The van der Waals surface area contributed by atoms with E-state index >= 15 is 0 Å². The lowest BCUT2D eigenvalue weighted by molar-refractivity contribution is -0.150. The molecule has 0 aliphatic carbocycles. The van der Waals surface area contributed by atoms with Crippen LogP contribution in [0.25, 0.3) is 0 Å². The van der Waals surface area contributed by atoms with Crippen LogP contribution in [0.15, 0.2) is 22.3 Å². The number of thiazole rings is 1. The molecule has 1 fully saturated rings. The minimum absolute atomic E-state index is 0.0719. The number of hydrogen-bond acceptors (Lipinski definition) is 9. The number of nitrogens with one attached hydrogen (secondary N) is 1. The van der Waals surface area contributed by atoms with E-state index in [-0.39, 0.29) is 22.2 Å². The zero-order chi connectivity index (χ0) is 18.1. The summed E-state index contributed by atoms with van der Waals surface area (Å²) in [6, 6.07) is -0.849. The number of rotatable bonds is 5. The van der Waals surface area contributed by atoms with Crippen LogP contribution < -0.4 is 11.1 Å². The third-order valence-electron chi connectivity index (χ3n) is 3.51. The number of carboxylic acids is 1. The van der Waals surface area contributed by atoms with Gasteiger partial charge in [0.25, 0.3) is 11.8 Å². The van der Waals surface area contributed by atoms with Gasteiger partial charge in [0.2, 0.25) is 0 Å². The highest BCUT2D eigenvalue weighted by Gasteiger charge is 2.53. The summed E-state index contributed by atoms with van der Waals surface area (Å²) in [5, 5.41) is 16.7. The van der Waals surface area contributed by atoms with Crippen molar-refractivity contribution in [1.29, 1.82) is 0 Å². The van der Waals surface area contributed by atoms with Gasteiger partial charge in [-0.3, -0.25) is 14.5 Å². The van der Waals surface area contributed by atoms with Crippen molar-refractivity contribution in [3.05, 3.63) is 22.8 Å². The van der Waals surface area contributed by atoms with Gasteiger partial charge in [0, 0.05) is 11.1 Å². The first-order valence-electron chi connectivity index (χ1n) is 6.95. The molecule has 0 saturated carbocycles. The molecule has 3 heterocycles. The summed E-state index contributed by atoms with van der Waals surface area (Å²) in [5.74, 6) is -1.89. The highest BCUT2D eigenvalue weighted by Crippen LogP contribution is 2.37. The van der Waals surface area contributed by atoms with Gasteiger partial charge in [-0.15, -0.1) is 23.1 Å². The van der Waals surface area contributed by atoms with Crippen LogP contribution in [0.5, 0.6) is 0 Å². The molecule has 2 aliphatic heterocycles. The lowest BCUT2D eigenvalue weighted by Gasteiger charge is -2.48. The number of aliphatic carboxylic acids is 1. The van der Waals surface area contributed by atoms with Crippen LogP contribution >= 0.6 is 23.1 Å². The van der Waals surface area contributed by atoms with Crippen LogP contribution in [0.3, 0.4) is 0 Å². The first-order valence-corrected chi connectivity index (χ1v) is 8.88. The second kappa shape index (κ2) is 6.72. The van der Waals surface area contributed by atoms with Crippen molar-refractivity contribution in [1.82, 2.24) is 15.2 Å². The molecule has 0 aromatic carbocycles. The number of carbonyl (C=O) groups is 3. The number of nitrogens with two attached hydrogens (primary N) is 1. The molecular formula is C13H13N5O5S2. The zero-order valence-corrected chi connectivity index (χ0v) is 14.5. The Labute approximate surface area is 149 Å². The normalized spacial score (nSPS) is 22.6. The minimum atomic E-state index is -1.18. The predicted octanol–water partition coefficient (Wildman–Crippen LogP) is -0.556. The Morgan fingerprint density at radius 2 is 2.32 bits per heavy atom. The SMILES string of the molecule is CON=C(C(=O)N[C@@H]1C(=O)N2C(C(=O)O)=CCS[C@@H]12)c1csc(N)n1. The number of hydrogen-bond donors (Lipinski definition) is 3. The maximum Gasteiger partial charge on any atom is 0.352 e. The number of carbonyl (C=O) groups excluding carboxylic acids is 2. The van der Waals surface area contributed by atoms with Crippen molar-refractivity contribution in [3.63, 3.8) is 0 Å². The highest BCUT2D eigenvalue weighted by atomic mass is 32.2. The molecule has 0 unspecified atom stereocenters. The fourth-order valence-corrected chi connectivity index (χ4v) is 4.18. The summed E-state index contributed by atoms with van der Waals surface area (Å²) in [5.41, 5.74) is 5.60. The predicted molar refractivity (Wildman–Crippen MR) is 90.8 cm³/mol. The average molecular weight is 383 g/mol. The largest absolute Gasteiger partial charge is 0.477 e. The van der Waals surface area contributed by atoms with Crippen molar-refractivity contribution >= 4 is 51.7 Å². The number of anilines is 1. The summed E-state index contributed by atoms with van der Waals surface area (Å²) in [4.78, 5) is 45.7. The number of oxime groups is 1. The molecule has 4 N–H and O–H groups in total. The number of nitrogens with zero attached hydrogens (tertiary/aromatic N) is 3. The number of fused-ring (bicyclic) bond motifs is 1. The molecule has 2 atom stereocenters. The van der Waals surface area contributed by atoms with Crippen molar-refractivity contribution in [2.24, 2.45) is 5.16 Å². The van der Waals surface area contributed by atoms with Gasteiger partial charge in [-0.05, 0) is 6.08 Å². The third-order valence-corrected chi connectivity index (χ3v) is 5.37. The summed E-state index contributed by atoms with van der Waals surface area (Å²) in [6.07, 6.45) is 1.47. The number of carboxylic acid groups (broad SMARTS) is 1. The van der Waals surface area contributed by atoms with Crippen molar-refractivity contribution in [3.8, 4) is 0 Å². The summed E-state index contributed by atoms with van der Waals surface area (Å²) in [7, 11) is 1.28. The van der Waals surface area contributed by atoms with E-state index < -0.39 is 29.2 Å². The van der Waals surface area contributed by atoms with Crippen LogP contribution in [0.1, 0.15) is 5.69 Å². The second-order valence-corrected chi connectivity index (χ2v) is 7.01. The van der Waals surface area contributed by atoms with E-state index in [1.54, 1.807) is 5.38 Å². The second-order valence-electron chi connectivity index (χ2n) is 4.97. The molecule has 0 spiro atoms. The summed E-state index contributed by atoms with van der Waals surface area (Å²) >= 11 is 2.49. The average Bonchev–Trinajstić information content (AvgIpc) is 3.02. The Bertz CT molecular complexity index is 804. The summed E-state index contributed by atoms with van der Waals surface area (Å²) in [6.45, 7) is 0. The minimum Gasteiger partial charge on any atom is -0.477 e. The monoisotopic (exact) mass is 383 g/mol. The van der Waals surface area contributed by atoms with Crippen LogP contribution in [0.4, 0.5) is 5.13 Å². The Balaban J connectivity index is 1.75. The lowest BCUT2D eigenvalue weighted by atomic mass is 10.0. The number of nitrogen functional groups attached to an aromatic ring is 1. The lowest BCUT2D eigenvalue weighted by Crippen LogP contribution is -2.70. The molecule has 10 nitrogen and oxygen atoms in total. The molecule has 1 saturated heterocycles. The molecule has 0 radical (unpaired) electrons. The zero-order valence-electron chi connectivity index (χ0n) is 12.8. The van der Waals surface area contributed by atoms with E-state index in [1.807, 2.05) is 0 Å². The van der Waals surface area contributed by atoms with Gasteiger partial charge in [0.1, 0.15) is 29.9 Å². The van der Waals surface area contributed by atoms with Crippen LogP contribution in [0.2, 0.25) is 0 Å². The van der Waals surface area contributed by atoms with E-state index in [9.17, 15) is 14.4 Å². The van der Waals surface area contributed by atoms with E-state index in [0.29, 0.717) is 5.75 Å². The smallest absolute Gasteiger partial charge is 0.352 e. The maximum absolute atomic E-state index is 12.5. The quantitative estimate of drug-likeness (QED) is 0.348. The van der Waals surface area contributed by atoms with Crippen molar-refractivity contribution in [2.75, 3.05) is 18.6 Å². The molecule has 1 aromatic heterocycles. The molecule has 25 heavy (non-hydrogen) atoms. The molecule has 3 rings (SSSR count). The van der Waals surface area contributed by atoms with Crippen molar-refractivity contribution in [2.45, 2.75) is 11.4 Å². The first kappa shape index (κ1) is 17.2. The first-order chi connectivity index (χ1) is 11.9. The fourth-order valence-electron chi connectivity index (χ4n) is 2.44. The Morgan fingerprint density at radius 3 is 2.92 bits per heavy atom. The molecule has 2 amide bonds. The van der Waals surface area contributed by atoms with Gasteiger partial charge >= 0.3 is 5.97 Å². The molecule has 1 aromatic rings. The van der Waals surface area contributed by atoms with Gasteiger partial charge < -0.3 is 21.0 Å². The number of thioether (sulfide) groups is 1. The standard InChI is InChI=1S/C13H13N5O5S2/c1-23-17-7(5-4-25-13(14)15-5)9(19)16-8-10(20)18-6(12(21)22)2-3-24-11(8)18/h2,4,8,11H,3H2,1H3,(H2,14,15)(H,16,19)(H,21,22)/t8-,11+/m1/s1. The Kier molecular flexibility index (Phi) is 4.63. The van der Waals surface area contributed by atoms with E-state index in [2.05, 4.69) is 20.3 Å². The molecular weight excluding hydrogens is 370 g/mol. The highest BCUT2D eigenvalue weighted by molar-refractivity contribution is 8.00. The van der Waals surface area contributed by atoms with E-state index in [4.69, 9.17) is 10.8 Å². The molecule has 12 heteroatoms. The van der Waals surface area contributed by atoms with Gasteiger partial charge in [0.05, 0.1) is 0 Å². The van der Waals surface area contributed by atoms with Gasteiger partial charge in [-0.25, -0.2) is 9.78 Å². The van der Waals surface area contributed by atoms with Crippen LogP contribution in [0, 0.1) is 0 Å². The number of aromatic nitrogens is 1. The Morgan fingerprint density at radius 1 is 1.56 bits per heavy atom.